The summed E-state index contributed by atoms with van der Waals surface area (Å²) in [6, 6.07) is 14.3. The van der Waals surface area contributed by atoms with Gasteiger partial charge in [-0.25, -0.2) is 0 Å². The van der Waals surface area contributed by atoms with Crippen LogP contribution in [0, 0.1) is 0 Å². The number of methoxy groups -OCH3 is 2. The van der Waals surface area contributed by atoms with Crippen LogP contribution in [0.25, 0.3) is 0 Å². The summed E-state index contributed by atoms with van der Waals surface area (Å²) in [5.74, 6) is 2.07. The first kappa shape index (κ1) is 15.6. The van der Waals surface area contributed by atoms with Crippen molar-refractivity contribution in [2.24, 2.45) is 0 Å². The molecule has 0 bridgehead atoms. The summed E-state index contributed by atoms with van der Waals surface area (Å²) in [5, 5.41) is 0. The molecular weight excluding hydrogens is 288 g/mol. The summed E-state index contributed by atoms with van der Waals surface area (Å²) < 4.78 is 11.2. The molecule has 2 aromatic carbocycles. The highest BCUT2D eigenvalue weighted by molar-refractivity contribution is 5.56. The molecule has 3 nitrogen and oxygen atoms in total. The predicted molar refractivity (Wildman–Crippen MR) is 90.5 cm³/mol. The smallest absolute Gasteiger partial charge is 0.126 e. The Kier molecular flexibility index (Phi) is 4.65. The lowest BCUT2D eigenvalue weighted by Gasteiger charge is -2.34. The summed E-state index contributed by atoms with van der Waals surface area (Å²) >= 11 is 0. The van der Waals surface area contributed by atoms with Gasteiger partial charge >= 0.3 is 0 Å². The topological polar surface area (TPSA) is 35.5 Å². The average Bonchev–Trinajstić information content (AvgIpc) is 2.61. The molecule has 120 valence electrons. The van der Waals surface area contributed by atoms with Crippen LogP contribution < -0.4 is 9.47 Å². The van der Waals surface area contributed by atoms with Gasteiger partial charge < -0.3 is 14.3 Å². The fraction of sp³-hybridized carbons (Fsp3) is 0.350. The van der Waals surface area contributed by atoms with Gasteiger partial charge in [0.05, 0.1) is 14.2 Å². The lowest BCUT2D eigenvalue weighted by molar-refractivity contribution is -0.108. The fourth-order valence-corrected chi connectivity index (χ4v) is 3.84. The maximum Gasteiger partial charge on any atom is 0.126 e. The number of hydrogen-bond donors (Lipinski definition) is 0. The summed E-state index contributed by atoms with van der Waals surface area (Å²) in [7, 11) is 3.37. The van der Waals surface area contributed by atoms with Crippen molar-refractivity contribution in [3.8, 4) is 11.5 Å². The number of benzene rings is 2. The van der Waals surface area contributed by atoms with Gasteiger partial charge in [0.2, 0.25) is 0 Å². The molecule has 2 atom stereocenters. The van der Waals surface area contributed by atoms with Gasteiger partial charge in [0.25, 0.3) is 0 Å². The molecule has 0 fully saturated rings. The van der Waals surface area contributed by atoms with Crippen LogP contribution >= 0.6 is 0 Å². The van der Waals surface area contributed by atoms with E-state index in [1.807, 2.05) is 18.2 Å². The van der Waals surface area contributed by atoms with Crippen molar-refractivity contribution in [1.82, 2.24) is 0 Å². The number of aldehydes is 1. The lowest BCUT2D eigenvalue weighted by Crippen LogP contribution is -2.21. The van der Waals surface area contributed by atoms with Gasteiger partial charge in [0.15, 0.2) is 0 Å². The molecule has 0 heterocycles. The SMILES string of the molecule is COc1cccc(OC)c1C1CCc2ccccc2C1CC=O. The zero-order valence-electron chi connectivity index (χ0n) is 13.6. The van der Waals surface area contributed by atoms with Crippen molar-refractivity contribution < 1.29 is 14.3 Å². The molecule has 0 radical (unpaired) electrons. The number of fused-ring (bicyclic) bond motifs is 1. The number of rotatable bonds is 5. The maximum atomic E-state index is 11.3. The molecule has 0 amide bonds. The summed E-state index contributed by atoms with van der Waals surface area (Å²) in [6.07, 6.45) is 3.55. The highest BCUT2D eigenvalue weighted by Crippen LogP contribution is 2.49. The fourth-order valence-electron chi connectivity index (χ4n) is 3.84. The third kappa shape index (κ3) is 2.83. The number of aryl methyl sites for hydroxylation is 1. The van der Waals surface area contributed by atoms with Crippen LogP contribution in [0.5, 0.6) is 11.5 Å². The maximum absolute atomic E-state index is 11.3. The Morgan fingerprint density at radius 3 is 2.39 bits per heavy atom. The molecule has 0 aliphatic heterocycles. The number of ether oxygens (including phenoxy) is 2. The van der Waals surface area contributed by atoms with E-state index in [0.29, 0.717) is 6.42 Å². The molecule has 23 heavy (non-hydrogen) atoms. The first-order valence-corrected chi connectivity index (χ1v) is 8.02. The van der Waals surface area contributed by atoms with E-state index in [9.17, 15) is 4.79 Å². The highest BCUT2D eigenvalue weighted by atomic mass is 16.5. The standard InChI is InChI=1S/C20H22O3/c1-22-18-8-5-9-19(23-2)20(18)17-11-10-14-6-3-4-7-15(14)16(17)12-13-21/h3-9,13,16-17H,10-12H2,1-2H3. The Labute approximate surface area is 137 Å². The van der Waals surface area contributed by atoms with Crippen LogP contribution in [0.2, 0.25) is 0 Å². The molecule has 0 saturated carbocycles. The van der Waals surface area contributed by atoms with E-state index in [4.69, 9.17) is 9.47 Å². The van der Waals surface area contributed by atoms with E-state index in [-0.39, 0.29) is 11.8 Å². The first-order chi connectivity index (χ1) is 11.3. The minimum absolute atomic E-state index is 0.169. The number of hydrogen-bond acceptors (Lipinski definition) is 3. The van der Waals surface area contributed by atoms with Crippen molar-refractivity contribution in [3.63, 3.8) is 0 Å². The van der Waals surface area contributed by atoms with Crippen molar-refractivity contribution in [2.75, 3.05) is 14.2 Å². The zero-order valence-corrected chi connectivity index (χ0v) is 13.6. The van der Waals surface area contributed by atoms with Gasteiger partial charge in [-0.15, -0.1) is 0 Å². The van der Waals surface area contributed by atoms with Gasteiger partial charge in [0, 0.05) is 12.0 Å². The second-order valence-corrected chi connectivity index (χ2v) is 5.93. The van der Waals surface area contributed by atoms with Gasteiger partial charge in [-0.1, -0.05) is 30.3 Å². The summed E-state index contributed by atoms with van der Waals surface area (Å²) in [6.45, 7) is 0. The Hall–Kier alpha value is -2.29. The van der Waals surface area contributed by atoms with E-state index in [1.54, 1.807) is 14.2 Å². The van der Waals surface area contributed by atoms with Crippen LogP contribution in [0.1, 0.15) is 41.4 Å². The van der Waals surface area contributed by atoms with E-state index in [1.165, 1.54) is 11.1 Å². The summed E-state index contributed by atoms with van der Waals surface area (Å²) in [4.78, 5) is 11.3. The van der Waals surface area contributed by atoms with Crippen LogP contribution in [-0.2, 0) is 11.2 Å². The van der Waals surface area contributed by atoms with E-state index in [2.05, 4.69) is 24.3 Å². The van der Waals surface area contributed by atoms with Gasteiger partial charge in [-0.3, -0.25) is 0 Å². The molecule has 3 rings (SSSR count). The zero-order chi connectivity index (χ0) is 16.2. The van der Waals surface area contributed by atoms with Crippen molar-refractivity contribution in [3.05, 3.63) is 59.2 Å². The monoisotopic (exact) mass is 310 g/mol. The first-order valence-electron chi connectivity index (χ1n) is 8.02. The second kappa shape index (κ2) is 6.86. The molecule has 0 saturated heterocycles. The molecule has 1 aliphatic carbocycles. The van der Waals surface area contributed by atoms with Gasteiger partial charge in [-0.05, 0) is 47.9 Å². The van der Waals surface area contributed by atoms with Gasteiger partial charge in [-0.2, -0.15) is 0 Å². The predicted octanol–water partition coefficient (Wildman–Crippen LogP) is 4.11. The minimum atomic E-state index is 0.169. The van der Waals surface area contributed by atoms with Gasteiger partial charge in [0.1, 0.15) is 17.8 Å². The Bertz CT molecular complexity index is 671. The third-order valence-corrected chi connectivity index (χ3v) is 4.85. The lowest BCUT2D eigenvalue weighted by atomic mass is 9.70. The molecule has 0 spiro atoms. The molecule has 0 aromatic heterocycles. The van der Waals surface area contributed by atoms with Crippen LogP contribution in [0.15, 0.2) is 42.5 Å². The highest BCUT2D eigenvalue weighted by Gasteiger charge is 2.33. The van der Waals surface area contributed by atoms with Crippen molar-refractivity contribution in [2.45, 2.75) is 31.1 Å². The molecule has 3 heteroatoms. The number of carbonyl (C=O) groups excluding carboxylic acids is 1. The normalized spacial score (nSPS) is 19.7. The van der Waals surface area contributed by atoms with Crippen LogP contribution in [-0.4, -0.2) is 20.5 Å². The van der Waals surface area contributed by atoms with Crippen LogP contribution in [0.4, 0.5) is 0 Å². The molecule has 2 unspecified atom stereocenters. The number of carbonyl (C=O) groups is 1. The Balaban J connectivity index is 2.11. The summed E-state index contributed by atoms with van der Waals surface area (Å²) in [5.41, 5.74) is 3.71. The Morgan fingerprint density at radius 1 is 1.04 bits per heavy atom. The Morgan fingerprint density at radius 2 is 1.74 bits per heavy atom. The largest absolute Gasteiger partial charge is 0.496 e. The second-order valence-electron chi connectivity index (χ2n) is 5.93. The van der Waals surface area contributed by atoms with E-state index in [0.717, 1.165) is 36.2 Å². The molecule has 1 aliphatic rings. The quantitative estimate of drug-likeness (QED) is 0.780. The van der Waals surface area contributed by atoms with Crippen molar-refractivity contribution >= 4 is 6.29 Å². The molecule has 2 aromatic rings. The van der Waals surface area contributed by atoms with Crippen molar-refractivity contribution in [1.29, 1.82) is 0 Å². The van der Waals surface area contributed by atoms with E-state index < -0.39 is 0 Å². The molecular formula is C20H22O3. The minimum Gasteiger partial charge on any atom is -0.496 e. The third-order valence-electron chi connectivity index (χ3n) is 4.85. The van der Waals surface area contributed by atoms with E-state index >= 15 is 0 Å². The van der Waals surface area contributed by atoms with Crippen LogP contribution in [0.3, 0.4) is 0 Å². The average molecular weight is 310 g/mol. The molecule has 0 N–H and O–H groups in total.